The molecule has 10 N–H and O–H groups in total. The molecule has 0 aliphatic heterocycles. The van der Waals surface area contributed by atoms with Crippen molar-refractivity contribution < 1.29 is 58.3 Å². The molecule has 21 nitrogen and oxygen atoms in total. The minimum Gasteiger partial charge on any atom is -0.397 e. The van der Waals surface area contributed by atoms with Crippen LogP contribution in [0.15, 0.2) is 87.5 Å². The lowest BCUT2D eigenvalue weighted by molar-refractivity contribution is -0.0325. The van der Waals surface area contributed by atoms with Crippen molar-refractivity contribution in [2.24, 2.45) is 0 Å². The van der Waals surface area contributed by atoms with Crippen LogP contribution in [0, 0.1) is 0 Å². The number of nitrogens with one attached hydrogen (secondary N) is 4. The number of benzene rings is 4. The zero-order valence-electron chi connectivity index (χ0n) is 32.1. The standard InChI is InChI=1S/C37H38N8O13S3/c1-37(2,13-15-46)58-16-6-14-39-34-43-35(41-20-7-5-8-22(17-20)59(49,50)51)45-36(44-34)42-25-12-11-21(18-27(25)60(52,53)54)40-26-19-28(61(55,56)57)31(38)30-29(26)32(47)23-9-3-4-10-24(23)33(30)48/h3-5,7-12,17-19,40,46H,6,13-16,38H2,1-2H3,(H,49,50,51)(H,52,53,54)(H,55,56,57)(H3,39,41,42,43,44,45). The summed E-state index contributed by atoms with van der Waals surface area (Å²) in [5.74, 6) is -2.10. The maximum Gasteiger partial charge on any atom is 0.296 e. The van der Waals surface area contributed by atoms with E-state index < -0.39 is 73.5 Å². The lowest BCUT2D eigenvalue weighted by Crippen LogP contribution is -2.27. The summed E-state index contributed by atoms with van der Waals surface area (Å²) in [7, 11) is -14.8. The van der Waals surface area contributed by atoms with Crippen LogP contribution in [-0.4, -0.2) is 95.9 Å². The van der Waals surface area contributed by atoms with Gasteiger partial charge in [0.2, 0.25) is 17.8 Å². The van der Waals surface area contributed by atoms with Crippen molar-refractivity contribution in [2.75, 3.05) is 46.8 Å². The number of carbonyl (C=O) groups excluding carboxylic acids is 2. The highest BCUT2D eigenvalue weighted by molar-refractivity contribution is 7.86. The second kappa shape index (κ2) is 17.1. The van der Waals surface area contributed by atoms with E-state index in [0.29, 0.717) is 12.8 Å². The van der Waals surface area contributed by atoms with Gasteiger partial charge in [-0.05, 0) is 69.2 Å². The number of nitrogens with two attached hydrogens (primary N) is 1. The Morgan fingerprint density at radius 1 is 0.672 bits per heavy atom. The average Bonchev–Trinajstić information content (AvgIpc) is 3.16. The Balaban J connectivity index is 1.36. The van der Waals surface area contributed by atoms with Gasteiger partial charge in [0.25, 0.3) is 30.4 Å². The molecule has 0 saturated heterocycles. The second-order valence-electron chi connectivity index (χ2n) is 14.0. The third-order valence-corrected chi connectivity index (χ3v) is 11.7. The molecular weight excluding hydrogens is 861 g/mol. The van der Waals surface area contributed by atoms with Crippen LogP contribution in [0.2, 0.25) is 0 Å². The molecule has 0 radical (unpaired) electrons. The lowest BCUT2D eigenvalue weighted by atomic mass is 9.82. The van der Waals surface area contributed by atoms with Crippen molar-refractivity contribution in [1.29, 1.82) is 0 Å². The van der Waals surface area contributed by atoms with Gasteiger partial charge < -0.3 is 36.8 Å². The maximum atomic E-state index is 13.8. The Hall–Kier alpha value is -6.12. The van der Waals surface area contributed by atoms with E-state index in [-0.39, 0.29) is 77.0 Å². The van der Waals surface area contributed by atoms with Crippen LogP contribution in [0.4, 0.5) is 46.3 Å². The van der Waals surface area contributed by atoms with Crippen molar-refractivity contribution in [3.05, 3.63) is 95.1 Å². The van der Waals surface area contributed by atoms with Crippen LogP contribution >= 0.6 is 0 Å². The molecule has 0 amide bonds. The predicted molar refractivity (Wildman–Crippen MR) is 221 cm³/mol. The van der Waals surface area contributed by atoms with E-state index in [0.717, 1.165) is 30.3 Å². The number of hydrogen-bond acceptors (Lipinski definition) is 18. The highest BCUT2D eigenvalue weighted by Gasteiger charge is 2.36. The van der Waals surface area contributed by atoms with E-state index in [2.05, 4.69) is 36.2 Å². The Bertz CT molecular complexity index is 2910. The molecule has 6 rings (SSSR count). The highest BCUT2D eigenvalue weighted by Crippen LogP contribution is 2.41. The molecule has 61 heavy (non-hydrogen) atoms. The van der Waals surface area contributed by atoms with Crippen molar-refractivity contribution in [3.63, 3.8) is 0 Å². The molecule has 322 valence electrons. The van der Waals surface area contributed by atoms with Gasteiger partial charge in [0, 0.05) is 42.3 Å². The number of rotatable bonds is 17. The first kappa shape index (κ1) is 44.4. The summed E-state index contributed by atoms with van der Waals surface area (Å²) < 4.78 is 110. The van der Waals surface area contributed by atoms with Crippen LogP contribution in [0.3, 0.4) is 0 Å². The molecule has 0 saturated carbocycles. The molecule has 0 atom stereocenters. The fourth-order valence-electron chi connectivity index (χ4n) is 6.19. The van der Waals surface area contributed by atoms with Crippen molar-refractivity contribution in [2.45, 2.75) is 47.0 Å². The molecule has 5 aromatic rings. The third kappa shape index (κ3) is 10.3. The van der Waals surface area contributed by atoms with Gasteiger partial charge in [-0.15, -0.1) is 0 Å². The minimum absolute atomic E-state index is 0.0261. The summed E-state index contributed by atoms with van der Waals surface area (Å²) in [5, 5.41) is 20.4. The second-order valence-corrected chi connectivity index (χ2v) is 18.2. The van der Waals surface area contributed by atoms with Gasteiger partial charge in [0.1, 0.15) is 9.79 Å². The third-order valence-electron chi connectivity index (χ3n) is 9.10. The molecular formula is C37H38N8O13S3. The number of carbonyl (C=O) groups is 2. The van der Waals surface area contributed by atoms with Crippen molar-refractivity contribution in [1.82, 2.24) is 15.0 Å². The topological polar surface area (TPSA) is 340 Å². The maximum absolute atomic E-state index is 13.8. The quantitative estimate of drug-likeness (QED) is 0.0352. The molecule has 0 unspecified atom stereocenters. The Morgan fingerprint density at radius 3 is 1.90 bits per heavy atom. The van der Waals surface area contributed by atoms with Crippen LogP contribution in [0.1, 0.15) is 58.5 Å². The molecule has 1 aliphatic carbocycles. The summed E-state index contributed by atoms with van der Waals surface area (Å²) in [6.07, 6.45) is 0.854. The number of ether oxygens (including phenoxy) is 1. The van der Waals surface area contributed by atoms with Gasteiger partial charge in [-0.1, -0.05) is 30.3 Å². The van der Waals surface area contributed by atoms with E-state index in [1.54, 1.807) is 0 Å². The summed E-state index contributed by atoms with van der Waals surface area (Å²) >= 11 is 0. The molecule has 0 fully saturated rings. The van der Waals surface area contributed by atoms with E-state index in [1.165, 1.54) is 42.5 Å². The number of anilines is 8. The van der Waals surface area contributed by atoms with Crippen molar-refractivity contribution in [3.8, 4) is 0 Å². The van der Waals surface area contributed by atoms with Gasteiger partial charge in [0.15, 0.2) is 11.6 Å². The largest absolute Gasteiger partial charge is 0.397 e. The highest BCUT2D eigenvalue weighted by atomic mass is 32.2. The number of nitrogens with zero attached hydrogens (tertiary/aromatic N) is 3. The number of aliphatic hydroxyl groups is 1. The van der Waals surface area contributed by atoms with Gasteiger partial charge >= 0.3 is 0 Å². The molecule has 24 heteroatoms. The molecule has 1 aliphatic rings. The van der Waals surface area contributed by atoms with Crippen molar-refractivity contribution >= 4 is 88.2 Å². The minimum atomic E-state index is -5.10. The number of hydrogen-bond donors (Lipinski definition) is 9. The average molecular weight is 899 g/mol. The van der Waals surface area contributed by atoms with E-state index in [9.17, 15) is 53.6 Å². The smallest absolute Gasteiger partial charge is 0.296 e. The van der Waals surface area contributed by atoms with E-state index in [4.69, 9.17) is 10.5 Å². The van der Waals surface area contributed by atoms with Gasteiger partial charge in [0.05, 0.1) is 38.7 Å². The zero-order valence-corrected chi connectivity index (χ0v) is 34.5. The number of aliphatic hydroxyl groups excluding tert-OH is 1. The van der Waals surface area contributed by atoms with Gasteiger partial charge in [-0.3, -0.25) is 23.2 Å². The SMILES string of the molecule is CC(C)(CCO)OCCCNc1nc(Nc2cccc(S(=O)(=O)O)c2)nc(Nc2ccc(Nc3cc(S(=O)(=O)O)c(N)c4c3C(=O)c3ccccc3C4=O)cc2S(=O)(=O)O)n1. The predicted octanol–water partition coefficient (Wildman–Crippen LogP) is 4.18. The summed E-state index contributed by atoms with van der Waals surface area (Å²) in [4.78, 5) is 38.1. The van der Waals surface area contributed by atoms with Crippen LogP contribution in [0.5, 0.6) is 0 Å². The van der Waals surface area contributed by atoms with E-state index >= 15 is 0 Å². The monoisotopic (exact) mass is 898 g/mol. The number of ketones is 2. The molecule has 0 bridgehead atoms. The first-order valence-corrected chi connectivity index (χ1v) is 22.2. The normalized spacial score (nSPS) is 13.0. The fourth-order valence-corrected chi connectivity index (χ4v) is 8.04. The molecule has 1 heterocycles. The summed E-state index contributed by atoms with van der Waals surface area (Å²) in [6, 6.07) is 14.9. The molecule has 4 aromatic carbocycles. The summed E-state index contributed by atoms with van der Waals surface area (Å²) in [5.41, 5.74) is 3.13. The van der Waals surface area contributed by atoms with Crippen LogP contribution < -0.4 is 27.0 Å². The Morgan fingerprint density at radius 2 is 1.28 bits per heavy atom. The lowest BCUT2D eigenvalue weighted by Gasteiger charge is -2.24. The first-order valence-electron chi connectivity index (χ1n) is 17.9. The molecule has 0 spiro atoms. The van der Waals surface area contributed by atoms with E-state index in [1.807, 2.05) is 13.8 Å². The Labute approximate surface area is 349 Å². The summed E-state index contributed by atoms with van der Waals surface area (Å²) in [6.45, 7) is 4.13. The first-order chi connectivity index (χ1) is 28.6. The van der Waals surface area contributed by atoms with Crippen LogP contribution in [-0.2, 0) is 35.1 Å². The fraction of sp³-hybridized carbons (Fsp3) is 0.216. The number of aromatic nitrogens is 3. The number of nitrogen functional groups attached to an aromatic ring is 1. The number of fused-ring (bicyclic) bond motifs is 2. The Kier molecular flexibility index (Phi) is 12.5. The van der Waals surface area contributed by atoms with Gasteiger partial charge in [-0.25, -0.2) is 0 Å². The van der Waals surface area contributed by atoms with Gasteiger partial charge in [-0.2, -0.15) is 40.2 Å². The molecule has 1 aromatic heterocycles. The van der Waals surface area contributed by atoms with Crippen LogP contribution in [0.25, 0.3) is 0 Å². The zero-order chi connectivity index (χ0) is 44.5.